The van der Waals surface area contributed by atoms with E-state index in [1.54, 1.807) is 203 Å². The fraction of sp³-hybridized carbons (Fsp3) is 0.438. The Labute approximate surface area is 603 Å². The van der Waals surface area contributed by atoms with Gasteiger partial charge in [0.25, 0.3) is 35.4 Å². The zero-order valence-electron chi connectivity index (χ0n) is 44.1. The first kappa shape index (κ1) is 75.6. The van der Waals surface area contributed by atoms with Crippen molar-refractivity contribution in [1.29, 1.82) is 0 Å². The second-order valence-corrected chi connectivity index (χ2v) is 28.0. The van der Waals surface area contributed by atoms with Gasteiger partial charge in [-0.2, -0.15) is 0 Å². The van der Waals surface area contributed by atoms with Crippen LogP contribution in [0.2, 0.25) is 0 Å². The van der Waals surface area contributed by atoms with E-state index in [9.17, 15) is 74.7 Å². The van der Waals surface area contributed by atoms with Crippen molar-refractivity contribution < 1.29 is 89.1 Å². The van der Waals surface area contributed by atoms with E-state index in [2.05, 4.69) is 16.0 Å². The van der Waals surface area contributed by atoms with E-state index in [1.165, 1.54) is 35.8 Å². The highest BCUT2D eigenvalue weighted by Crippen LogP contribution is 2.41. The summed E-state index contributed by atoms with van der Waals surface area (Å²) in [7, 11) is 4.03. The van der Waals surface area contributed by atoms with Crippen LogP contribution < -0.4 is 16.0 Å². The summed E-state index contributed by atoms with van der Waals surface area (Å²) in [6, 6.07) is 0. The minimum absolute atomic E-state index is 0.0426. The Morgan fingerprint density at radius 3 is 0.738 bits per heavy atom. The van der Waals surface area contributed by atoms with Gasteiger partial charge in [-0.25, -0.2) is 0 Å². The number of anilines is 3. The van der Waals surface area contributed by atoms with Crippen molar-refractivity contribution in [2.75, 3.05) is 136 Å². The zero-order valence-corrected chi connectivity index (χ0v) is 63.5. The molecule has 3 atom stereocenters. The molecule has 4 rings (SSSR count). The number of amides is 9. The minimum Gasteiger partial charge on any atom is -0.394 e. The number of rotatable bonds is 21. The first-order chi connectivity index (χ1) is 39.4. The summed E-state index contributed by atoms with van der Waals surface area (Å²) in [6.45, 7) is -7.98. The molecule has 36 heteroatoms. The van der Waals surface area contributed by atoms with Gasteiger partial charge >= 0.3 is 0 Å². The summed E-state index contributed by atoms with van der Waals surface area (Å²) >= 11 is 16.2. The number of benzene rings is 3. The summed E-state index contributed by atoms with van der Waals surface area (Å²) in [5.74, 6) is -7.33. The molecular weight excluding hydrogens is 2130 g/mol. The van der Waals surface area contributed by atoms with E-state index in [0.717, 1.165) is 14.7 Å². The number of aliphatic hydroxyl groups excluding tert-OH is 9. The summed E-state index contributed by atoms with van der Waals surface area (Å²) < 4.78 is 0.923. The summed E-state index contributed by atoms with van der Waals surface area (Å²) in [5.41, 5.74) is -0.892. The molecule has 0 saturated carbocycles. The topological polar surface area (TPSA) is 391 Å². The van der Waals surface area contributed by atoms with Crippen molar-refractivity contribution in [3.8, 4) is 0 Å². The molecule has 1 aliphatic heterocycles. The molecule has 1 aliphatic rings. The predicted molar refractivity (Wildman–Crippen MR) is 379 cm³/mol. The van der Waals surface area contributed by atoms with Gasteiger partial charge in [0.2, 0.25) is 17.7 Å². The molecule has 0 spiro atoms. The highest BCUT2D eigenvalue weighted by atomic mass is 127. The third kappa shape index (κ3) is 18.0. The molecule has 0 aromatic heterocycles. The lowest BCUT2D eigenvalue weighted by Gasteiger charge is -2.29. The molecule has 27 nitrogen and oxygen atoms in total. The van der Waals surface area contributed by atoms with E-state index < -0.39 is 111 Å². The van der Waals surface area contributed by atoms with E-state index in [1.807, 2.05) is 0 Å². The smallest absolute Gasteiger partial charge is 0.256 e. The quantitative estimate of drug-likeness (QED) is 0.0660. The Balaban J connectivity index is 2.10. The fourth-order valence-corrected chi connectivity index (χ4v) is 21.1. The molecule has 12 N–H and O–H groups in total. The summed E-state index contributed by atoms with van der Waals surface area (Å²) in [5, 5.41) is 96.8. The Hall–Kier alpha value is -0.900. The maximum atomic E-state index is 15.6. The van der Waals surface area contributed by atoms with Crippen molar-refractivity contribution in [2.45, 2.75) is 18.3 Å². The van der Waals surface area contributed by atoms with Crippen LogP contribution in [0.5, 0.6) is 0 Å². The van der Waals surface area contributed by atoms with E-state index in [4.69, 9.17) is 0 Å². The van der Waals surface area contributed by atoms with Gasteiger partial charge in [-0.05, 0) is 203 Å². The number of carbonyl (C=O) groups excluding carboxylic acids is 9. The van der Waals surface area contributed by atoms with Gasteiger partial charge in [-0.1, -0.05) is 0 Å². The number of nitrogens with one attached hydrogen (secondary N) is 3. The standard InChI is InChI=1S/C48H54I9N9O18/c1-61(10-19(73)13-67)43(79)25-31(49)28(37(55)40(34(25)52)58-22(76)16-70)46(82)64-4-6-65(47(83)29-32(50)26(44(80)62(2)11-20(74)14-68)35(53)41(38(29)56)59-23(77)17-71)8-9-66(7-5-64)48(84)30-33(51)27(45(81)63(3)12-21(75)15-69)36(54)42(39(30)57)60-24(78)18-72/h19-21,67-75H,4-18H2,1-3H3,(H,58,76)(H,59,77)(H,60,78). The van der Waals surface area contributed by atoms with E-state index in [0.29, 0.717) is 0 Å². The van der Waals surface area contributed by atoms with Crippen LogP contribution in [0.25, 0.3) is 0 Å². The molecule has 1 saturated heterocycles. The molecule has 3 aromatic carbocycles. The molecule has 1 heterocycles. The number of hydrogen-bond acceptors (Lipinski definition) is 18. The monoisotopic (exact) mass is 2190 g/mol. The van der Waals surface area contributed by atoms with Crippen LogP contribution in [-0.4, -0.2) is 267 Å². The van der Waals surface area contributed by atoms with Crippen LogP contribution in [0.4, 0.5) is 17.1 Å². The number of hydrogen-bond donors (Lipinski definition) is 12. The zero-order chi connectivity index (χ0) is 63.5. The Bertz CT molecular complexity index is 2760. The first-order valence-corrected chi connectivity index (χ1v) is 34.0. The van der Waals surface area contributed by atoms with Crippen LogP contribution in [0, 0.1) is 32.1 Å². The molecule has 3 unspecified atom stereocenters. The van der Waals surface area contributed by atoms with Crippen LogP contribution >= 0.6 is 203 Å². The Morgan fingerprint density at radius 2 is 0.560 bits per heavy atom. The van der Waals surface area contributed by atoms with Crippen LogP contribution in [-0.2, 0) is 14.4 Å². The van der Waals surface area contributed by atoms with Gasteiger partial charge in [0.1, 0.15) is 19.8 Å². The van der Waals surface area contributed by atoms with Crippen molar-refractivity contribution in [1.82, 2.24) is 29.4 Å². The van der Waals surface area contributed by atoms with E-state index in [-0.39, 0.29) is 141 Å². The average molecular weight is 2190 g/mol. The minimum atomic E-state index is -1.36. The van der Waals surface area contributed by atoms with Crippen LogP contribution in [0.3, 0.4) is 0 Å². The van der Waals surface area contributed by atoms with Gasteiger partial charge in [0.05, 0.1) is 110 Å². The maximum Gasteiger partial charge on any atom is 0.256 e. The van der Waals surface area contributed by atoms with Crippen molar-refractivity contribution in [3.05, 3.63) is 65.5 Å². The number of nitrogens with zero attached hydrogens (tertiary/aromatic N) is 6. The molecule has 0 radical (unpaired) electrons. The average Bonchev–Trinajstić information content (AvgIpc) is 1.39. The molecule has 0 bridgehead atoms. The third-order valence-electron chi connectivity index (χ3n) is 12.4. The van der Waals surface area contributed by atoms with Gasteiger partial charge in [0, 0.05) is 90.8 Å². The SMILES string of the molecule is CN(CC(O)CO)C(=O)c1c(I)c(NC(=O)CO)c(I)c(C(=O)N2CCN(C(=O)c3c(I)c(NC(=O)CO)c(I)c(C(=O)N(C)CC(O)CO)c3I)CCN(C(=O)c3c(I)c(NC(=O)CO)c(I)c(C(=O)N(C)CC(O)CO)c3I)CC2)c1I. The van der Waals surface area contributed by atoms with Gasteiger partial charge < -0.3 is 91.3 Å². The number of carbonyl (C=O) groups is 9. The van der Waals surface area contributed by atoms with Gasteiger partial charge in [0.15, 0.2) is 0 Å². The molecular formula is C48H54I9N9O18. The normalized spacial score (nSPS) is 13.9. The van der Waals surface area contributed by atoms with E-state index >= 15 is 14.4 Å². The number of aliphatic hydroxyl groups is 9. The number of halogens is 9. The third-order valence-corrected chi connectivity index (χ3v) is 22.1. The van der Waals surface area contributed by atoms with Gasteiger partial charge in [-0.15, -0.1) is 0 Å². The van der Waals surface area contributed by atoms with Crippen LogP contribution in [0.1, 0.15) is 62.1 Å². The molecule has 84 heavy (non-hydrogen) atoms. The first-order valence-electron chi connectivity index (χ1n) is 24.2. The van der Waals surface area contributed by atoms with Crippen molar-refractivity contribution in [2.24, 2.45) is 0 Å². The second-order valence-electron chi connectivity index (χ2n) is 18.3. The molecule has 462 valence electrons. The Kier molecular flexibility index (Phi) is 31.0. The highest BCUT2D eigenvalue weighted by Gasteiger charge is 2.38. The summed E-state index contributed by atoms with van der Waals surface area (Å²) in [4.78, 5) is 135. The van der Waals surface area contributed by atoms with Crippen LogP contribution in [0.15, 0.2) is 0 Å². The fourth-order valence-electron chi connectivity index (χ4n) is 8.07. The van der Waals surface area contributed by atoms with Crippen molar-refractivity contribution in [3.63, 3.8) is 0 Å². The predicted octanol–water partition coefficient (Wildman–Crippen LogP) is 0.937. The van der Waals surface area contributed by atoms with Gasteiger partial charge in [-0.3, -0.25) is 43.2 Å². The molecule has 1 fully saturated rings. The maximum absolute atomic E-state index is 15.6. The molecule has 3 aromatic rings. The molecule has 0 aliphatic carbocycles. The lowest BCUT2D eigenvalue weighted by molar-refractivity contribution is -0.119. The highest BCUT2D eigenvalue weighted by molar-refractivity contribution is 14.1. The van der Waals surface area contributed by atoms with Crippen molar-refractivity contribution >= 4 is 274 Å². The second kappa shape index (κ2) is 34.5. The lowest BCUT2D eigenvalue weighted by Crippen LogP contribution is -2.43. The Morgan fingerprint density at radius 1 is 0.369 bits per heavy atom. The largest absolute Gasteiger partial charge is 0.394 e. The summed E-state index contributed by atoms with van der Waals surface area (Å²) in [6.07, 6.45) is -4.08. The number of likely N-dealkylation sites (N-methyl/N-ethyl adjacent to an activating group) is 3. The molecule has 9 amide bonds. The lowest BCUT2D eigenvalue weighted by atomic mass is 10.1.